The van der Waals surface area contributed by atoms with E-state index in [1.807, 2.05) is 21.1 Å². The van der Waals surface area contributed by atoms with Gasteiger partial charge in [-0.1, -0.05) is 360 Å². The molecule has 0 aliphatic carbocycles. The van der Waals surface area contributed by atoms with Gasteiger partial charge in [0, 0.05) is 12.8 Å². The van der Waals surface area contributed by atoms with Crippen LogP contribution >= 0.6 is 7.82 Å². The molecule has 2 atom stereocenters. The van der Waals surface area contributed by atoms with Crippen molar-refractivity contribution in [2.24, 2.45) is 0 Å². The lowest BCUT2D eigenvalue weighted by Crippen LogP contribution is -2.37. The van der Waals surface area contributed by atoms with E-state index in [1.54, 1.807) is 0 Å². The maximum atomic E-state index is 12.9. The van der Waals surface area contributed by atoms with E-state index in [0.717, 1.165) is 32.1 Å². The minimum atomic E-state index is -4.39. The SMILES string of the molecule is CCCCCCCCCC/C=C\CCCCCCCCCCCCCCCCCC(=O)OC(COC(=O)CCCCCCCCCCCCCCCCCCCCCCCCCCCCCCCCCCC)COP(=O)(O)OCC[N+](C)(C)C. The predicted molar refractivity (Wildman–Crippen MR) is 363 cm³/mol. The third-order valence-electron chi connectivity index (χ3n) is 17.3. The number of hydrogen-bond acceptors (Lipinski definition) is 7. The molecule has 0 aliphatic heterocycles. The molecule has 0 aromatic rings. The number of nitrogens with zero attached hydrogens (tertiary/aromatic N) is 1. The number of phosphoric acid groups is 1. The summed E-state index contributed by atoms with van der Waals surface area (Å²) in [4.78, 5) is 35.9. The summed E-state index contributed by atoms with van der Waals surface area (Å²) in [6.07, 6.45) is 82.0. The fourth-order valence-corrected chi connectivity index (χ4v) is 12.3. The first-order chi connectivity index (χ1) is 41.0. The average molecular weight is 1210 g/mol. The van der Waals surface area contributed by atoms with Crippen LogP contribution in [-0.2, 0) is 32.7 Å². The van der Waals surface area contributed by atoms with Crippen molar-refractivity contribution < 1.29 is 42.1 Å². The molecule has 0 bridgehead atoms. The highest BCUT2D eigenvalue weighted by Gasteiger charge is 2.27. The van der Waals surface area contributed by atoms with E-state index in [1.165, 1.54) is 334 Å². The summed E-state index contributed by atoms with van der Waals surface area (Å²) in [6, 6.07) is 0. The molecule has 0 saturated carbocycles. The molecule has 0 aliphatic rings. The fraction of sp³-hybridized carbons (Fsp3) is 0.946. The first-order valence-corrected chi connectivity index (χ1v) is 38.9. The first-order valence-electron chi connectivity index (χ1n) is 37.4. The van der Waals surface area contributed by atoms with Gasteiger partial charge in [0.25, 0.3) is 0 Å². The zero-order valence-corrected chi connectivity index (χ0v) is 58.1. The highest BCUT2D eigenvalue weighted by Crippen LogP contribution is 2.43. The first kappa shape index (κ1) is 82.8. The molecule has 1 N–H and O–H groups in total. The van der Waals surface area contributed by atoms with Gasteiger partial charge in [0.2, 0.25) is 0 Å². The Morgan fingerprint density at radius 2 is 0.607 bits per heavy atom. The molecule has 0 aromatic heterocycles. The number of rotatable bonds is 71. The predicted octanol–water partition coefficient (Wildman–Crippen LogP) is 24.3. The molecule has 0 heterocycles. The minimum absolute atomic E-state index is 0.0364. The summed E-state index contributed by atoms with van der Waals surface area (Å²) in [7, 11) is 1.50. The lowest BCUT2D eigenvalue weighted by atomic mass is 10.0. The maximum absolute atomic E-state index is 12.9. The van der Waals surface area contributed by atoms with Crippen molar-refractivity contribution in [2.45, 2.75) is 405 Å². The van der Waals surface area contributed by atoms with E-state index in [9.17, 15) is 19.0 Å². The number of quaternary nitrogens is 1. The fourth-order valence-electron chi connectivity index (χ4n) is 11.5. The highest BCUT2D eigenvalue weighted by molar-refractivity contribution is 7.47. The standard InChI is InChI=1S/C74H146NO8P/c1-6-8-10-12-14-16-18-20-22-24-26-28-30-32-34-35-36-37-38-39-41-42-44-46-48-50-52-54-56-58-60-62-64-66-73(76)80-70-72(71-82-84(78,79)81-69-68-75(3,4)5)83-74(77)67-65-63-61-59-57-55-53-51-49-47-45-43-40-33-31-29-27-25-23-21-19-17-15-13-11-9-7-2/h25,27,72H,6-24,26,28-71H2,1-5H3/p+1/b27-25-. The molecule has 0 aromatic carbocycles. The van der Waals surface area contributed by atoms with Gasteiger partial charge < -0.3 is 18.9 Å². The van der Waals surface area contributed by atoms with Gasteiger partial charge in [-0.3, -0.25) is 18.6 Å². The lowest BCUT2D eigenvalue weighted by molar-refractivity contribution is -0.870. The van der Waals surface area contributed by atoms with E-state index in [2.05, 4.69) is 26.0 Å². The number of carbonyl (C=O) groups excluding carboxylic acids is 2. The molecule has 0 amide bonds. The second-order valence-electron chi connectivity index (χ2n) is 27.0. The maximum Gasteiger partial charge on any atom is 0.472 e. The van der Waals surface area contributed by atoms with Crippen molar-refractivity contribution in [3.8, 4) is 0 Å². The van der Waals surface area contributed by atoms with E-state index in [0.29, 0.717) is 23.9 Å². The quantitative estimate of drug-likeness (QED) is 0.0211. The highest BCUT2D eigenvalue weighted by atomic mass is 31.2. The number of allylic oxidation sites excluding steroid dienone is 2. The number of unbranched alkanes of at least 4 members (excludes halogenated alkanes) is 55. The van der Waals surface area contributed by atoms with Crippen molar-refractivity contribution in [3.63, 3.8) is 0 Å². The van der Waals surface area contributed by atoms with E-state index in [4.69, 9.17) is 18.5 Å². The largest absolute Gasteiger partial charge is 0.472 e. The summed E-state index contributed by atoms with van der Waals surface area (Å²) >= 11 is 0. The Hall–Kier alpha value is -1.25. The smallest absolute Gasteiger partial charge is 0.462 e. The molecule has 0 saturated heterocycles. The van der Waals surface area contributed by atoms with Crippen LogP contribution in [0.4, 0.5) is 0 Å². The van der Waals surface area contributed by atoms with Crippen molar-refractivity contribution in [3.05, 3.63) is 12.2 Å². The number of likely N-dealkylation sites (N-methyl/N-ethyl adjacent to an activating group) is 1. The molecule has 9 nitrogen and oxygen atoms in total. The molecular weight excluding hydrogens is 1060 g/mol. The number of phosphoric ester groups is 1. The van der Waals surface area contributed by atoms with Crippen LogP contribution in [0, 0.1) is 0 Å². The Bertz CT molecular complexity index is 1420. The summed E-state index contributed by atoms with van der Waals surface area (Å²) < 4.78 is 34.8. The van der Waals surface area contributed by atoms with Crippen molar-refractivity contribution in [2.75, 3.05) is 47.5 Å². The van der Waals surface area contributed by atoms with Gasteiger partial charge in [0.15, 0.2) is 6.10 Å². The van der Waals surface area contributed by atoms with Gasteiger partial charge in [-0.2, -0.15) is 0 Å². The van der Waals surface area contributed by atoms with E-state index < -0.39 is 26.5 Å². The zero-order valence-electron chi connectivity index (χ0n) is 57.2. The van der Waals surface area contributed by atoms with Crippen LogP contribution in [0.1, 0.15) is 399 Å². The minimum Gasteiger partial charge on any atom is -0.462 e. The number of carbonyl (C=O) groups is 2. The topological polar surface area (TPSA) is 108 Å². The second-order valence-corrected chi connectivity index (χ2v) is 28.5. The number of hydrogen-bond donors (Lipinski definition) is 1. The van der Waals surface area contributed by atoms with Gasteiger partial charge in [-0.15, -0.1) is 0 Å². The summed E-state index contributed by atoms with van der Waals surface area (Å²) in [5.74, 6) is -0.770. The van der Waals surface area contributed by atoms with Gasteiger partial charge in [0.1, 0.15) is 19.8 Å². The van der Waals surface area contributed by atoms with Crippen molar-refractivity contribution in [1.29, 1.82) is 0 Å². The van der Waals surface area contributed by atoms with Crippen LogP contribution in [0.3, 0.4) is 0 Å². The van der Waals surface area contributed by atoms with Crippen molar-refractivity contribution in [1.82, 2.24) is 0 Å². The Labute approximate surface area is 524 Å². The molecule has 0 radical (unpaired) electrons. The average Bonchev–Trinajstić information content (AvgIpc) is 3.61. The number of ether oxygens (including phenoxy) is 2. The van der Waals surface area contributed by atoms with Crippen molar-refractivity contribution >= 4 is 19.8 Å². The Kier molecular flexibility index (Phi) is 65.2. The third kappa shape index (κ3) is 69.8. The number of esters is 2. The van der Waals surface area contributed by atoms with Crippen LogP contribution in [0.25, 0.3) is 0 Å². The Balaban J connectivity index is 3.93. The summed E-state index contributed by atoms with van der Waals surface area (Å²) in [5, 5.41) is 0. The zero-order chi connectivity index (χ0) is 61.2. The van der Waals surface area contributed by atoms with E-state index >= 15 is 0 Å². The molecule has 2 unspecified atom stereocenters. The molecule has 0 fully saturated rings. The Morgan fingerprint density at radius 3 is 0.881 bits per heavy atom. The third-order valence-corrected chi connectivity index (χ3v) is 18.3. The normalized spacial score (nSPS) is 13.1. The summed E-state index contributed by atoms with van der Waals surface area (Å²) in [5.41, 5.74) is 0. The van der Waals surface area contributed by atoms with Gasteiger partial charge in [-0.05, 0) is 38.5 Å². The summed E-state index contributed by atoms with van der Waals surface area (Å²) in [6.45, 7) is 4.52. The Morgan fingerprint density at radius 1 is 0.357 bits per heavy atom. The molecule has 0 rings (SSSR count). The second kappa shape index (κ2) is 66.2. The van der Waals surface area contributed by atoms with Crippen LogP contribution < -0.4 is 0 Å². The molecule has 10 heteroatoms. The van der Waals surface area contributed by atoms with Gasteiger partial charge >= 0.3 is 19.8 Å². The molecule has 0 spiro atoms. The molecular formula is C74H147NO8P+. The van der Waals surface area contributed by atoms with Gasteiger partial charge in [-0.25, -0.2) is 4.57 Å². The van der Waals surface area contributed by atoms with E-state index in [-0.39, 0.29) is 25.6 Å². The molecule has 500 valence electrons. The molecule has 84 heavy (non-hydrogen) atoms. The lowest BCUT2D eigenvalue weighted by Gasteiger charge is -2.24. The van der Waals surface area contributed by atoms with Crippen LogP contribution in [-0.4, -0.2) is 74.9 Å². The van der Waals surface area contributed by atoms with Crippen LogP contribution in [0.15, 0.2) is 12.2 Å². The van der Waals surface area contributed by atoms with Crippen LogP contribution in [0.5, 0.6) is 0 Å². The van der Waals surface area contributed by atoms with Gasteiger partial charge in [0.05, 0.1) is 27.7 Å². The van der Waals surface area contributed by atoms with Crippen LogP contribution in [0.2, 0.25) is 0 Å². The monoisotopic (exact) mass is 1210 g/mol.